The van der Waals surface area contributed by atoms with Gasteiger partial charge in [-0.2, -0.15) is 0 Å². The zero-order valence-corrected chi connectivity index (χ0v) is 6.85. The van der Waals surface area contributed by atoms with E-state index < -0.39 is 0 Å². The van der Waals surface area contributed by atoms with Gasteiger partial charge < -0.3 is 0 Å². The third kappa shape index (κ3) is 1.30. The Morgan fingerprint density at radius 3 is 2.40 bits per heavy atom. The van der Waals surface area contributed by atoms with Gasteiger partial charge in [0.2, 0.25) is 0 Å². The van der Waals surface area contributed by atoms with Crippen LogP contribution in [0.5, 0.6) is 0 Å². The van der Waals surface area contributed by atoms with Gasteiger partial charge in [-0.05, 0) is 38.8 Å². The number of halogens is 1. The number of nitrogens with zero attached hydrogens (tertiary/aromatic N) is 1. The smallest absolute Gasteiger partial charge is 0.0507 e. The molecule has 1 saturated carbocycles. The fourth-order valence-electron chi connectivity index (χ4n) is 1.63. The number of hydrogen-bond acceptors (Lipinski definition) is 1. The van der Waals surface area contributed by atoms with Gasteiger partial charge in [0, 0.05) is 6.04 Å². The monoisotopic (exact) mass is 158 g/mol. The molecule has 2 atom stereocenters. The first kappa shape index (κ1) is 6.93. The predicted octanol–water partition coefficient (Wildman–Crippen LogP) is 1.67. The van der Waals surface area contributed by atoms with Gasteiger partial charge in [0.25, 0.3) is 0 Å². The topological polar surface area (TPSA) is 3.24 Å². The average Bonchev–Trinajstić information content (AvgIpc) is 2.69. The highest BCUT2D eigenvalue weighted by Gasteiger charge is 2.40. The summed E-state index contributed by atoms with van der Waals surface area (Å²) in [5.74, 6) is 0. The molecule has 10 heavy (non-hydrogen) atoms. The lowest BCUT2D eigenvalue weighted by Crippen LogP contribution is -2.32. The van der Waals surface area contributed by atoms with Gasteiger partial charge in [0.15, 0.2) is 0 Å². The van der Waals surface area contributed by atoms with Crippen molar-refractivity contribution in [2.75, 3.05) is 13.1 Å². The maximum absolute atomic E-state index is 5.93. The van der Waals surface area contributed by atoms with Crippen molar-refractivity contribution in [3.05, 3.63) is 6.42 Å². The molecule has 0 amide bonds. The van der Waals surface area contributed by atoms with Crippen LogP contribution in [0.4, 0.5) is 0 Å². The first-order chi connectivity index (χ1) is 4.88. The summed E-state index contributed by atoms with van der Waals surface area (Å²) in [4.78, 5) is 2.53. The van der Waals surface area contributed by atoms with Crippen molar-refractivity contribution >= 4 is 11.6 Å². The summed E-state index contributed by atoms with van der Waals surface area (Å²) in [6.07, 6.45) is 6.13. The molecule has 1 nitrogen and oxygen atoms in total. The van der Waals surface area contributed by atoms with Crippen molar-refractivity contribution < 1.29 is 0 Å². The van der Waals surface area contributed by atoms with Crippen molar-refractivity contribution in [1.29, 1.82) is 0 Å². The van der Waals surface area contributed by atoms with Crippen LogP contribution < -0.4 is 0 Å². The molecule has 1 heterocycles. The Balaban J connectivity index is 1.81. The summed E-state index contributed by atoms with van der Waals surface area (Å²) in [5.41, 5.74) is 0. The van der Waals surface area contributed by atoms with Crippen LogP contribution in [0.1, 0.15) is 19.3 Å². The van der Waals surface area contributed by atoms with Crippen molar-refractivity contribution in [3.8, 4) is 0 Å². The lowest BCUT2D eigenvalue weighted by atomic mass is 10.1. The van der Waals surface area contributed by atoms with Crippen molar-refractivity contribution in [1.82, 2.24) is 4.90 Å². The molecule has 0 aromatic carbocycles. The van der Waals surface area contributed by atoms with Crippen molar-refractivity contribution in [3.63, 3.8) is 0 Å². The lowest BCUT2D eigenvalue weighted by Gasteiger charge is -2.25. The van der Waals surface area contributed by atoms with E-state index in [0.717, 1.165) is 6.04 Å². The van der Waals surface area contributed by atoms with Crippen LogP contribution >= 0.6 is 11.6 Å². The summed E-state index contributed by atoms with van der Waals surface area (Å²) < 4.78 is 0. The van der Waals surface area contributed by atoms with E-state index in [2.05, 4.69) is 11.3 Å². The van der Waals surface area contributed by atoms with E-state index in [1.54, 1.807) is 0 Å². The van der Waals surface area contributed by atoms with Gasteiger partial charge in [-0.1, -0.05) is 0 Å². The summed E-state index contributed by atoms with van der Waals surface area (Å²) in [5, 5.41) is 0.470. The van der Waals surface area contributed by atoms with E-state index in [9.17, 15) is 0 Å². The molecule has 2 heteroatoms. The zero-order valence-electron chi connectivity index (χ0n) is 6.09. The minimum absolute atomic E-state index is 0.470. The third-order valence-electron chi connectivity index (χ3n) is 2.39. The first-order valence-electron chi connectivity index (χ1n) is 4.08. The average molecular weight is 159 g/mol. The molecule has 2 aliphatic rings. The van der Waals surface area contributed by atoms with Gasteiger partial charge in [0.05, 0.1) is 5.38 Å². The van der Waals surface area contributed by atoms with E-state index in [1.807, 2.05) is 0 Å². The first-order valence-corrected chi connectivity index (χ1v) is 4.51. The minimum Gasteiger partial charge on any atom is -0.299 e. The van der Waals surface area contributed by atoms with Gasteiger partial charge >= 0.3 is 0 Å². The largest absolute Gasteiger partial charge is 0.299 e. The van der Waals surface area contributed by atoms with E-state index in [0.29, 0.717) is 5.38 Å². The van der Waals surface area contributed by atoms with Gasteiger partial charge in [-0.25, -0.2) is 0 Å². The fraction of sp³-hybridized carbons (Fsp3) is 0.875. The highest BCUT2D eigenvalue weighted by atomic mass is 35.5. The molecule has 0 aromatic heterocycles. The van der Waals surface area contributed by atoms with Crippen LogP contribution in [0, 0.1) is 6.42 Å². The van der Waals surface area contributed by atoms with Crippen LogP contribution in [0.2, 0.25) is 0 Å². The highest BCUT2D eigenvalue weighted by molar-refractivity contribution is 6.23. The Bertz CT molecular complexity index is 120. The molecule has 1 radical (unpaired) electrons. The lowest BCUT2D eigenvalue weighted by molar-refractivity contribution is 0.245. The molecule has 0 N–H and O–H groups in total. The summed E-state index contributed by atoms with van der Waals surface area (Å²) in [6.45, 7) is 2.49. The molecule has 1 aliphatic heterocycles. The zero-order chi connectivity index (χ0) is 6.97. The second kappa shape index (κ2) is 2.71. The van der Waals surface area contributed by atoms with Crippen LogP contribution in [0.25, 0.3) is 0 Å². The van der Waals surface area contributed by atoms with Crippen LogP contribution in [0.3, 0.4) is 0 Å². The fourth-order valence-corrected chi connectivity index (χ4v) is 1.97. The summed E-state index contributed by atoms with van der Waals surface area (Å²) in [6, 6.07) is 0.732. The van der Waals surface area contributed by atoms with Gasteiger partial charge in [0.1, 0.15) is 0 Å². The molecule has 1 saturated heterocycles. The van der Waals surface area contributed by atoms with Crippen LogP contribution in [-0.2, 0) is 0 Å². The third-order valence-corrected chi connectivity index (χ3v) is 2.86. The van der Waals surface area contributed by atoms with Gasteiger partial charge in [-0.3, -0.25) is 4.90 Å². The molecule has 57 valence electrons. The molecule has 0 aromatic rings. The summed E-state index contributed by atoms with van der Waals surface area (Å²) >= 11 is 5.93. The molecule has 1 aliphatic carbocycles. The summed E-state index contributed by atoms with van der Waals surface area (Å²) in [7, 11) is 0. The number of alkyl halides is 1. The molecule has 0 bridgehead atoms. The second-order valence-corrected chi connectivity index (χ2v) is 3.78. The van der Waals surface area contributed by atoms with Crippen molar-refractivity contribution in [2.24, 2.45) is 0 Å². The van der Waals surface area contributed by atoms with E-state index in [-0.39, 0.29) is 0 Å². The normalized spacial score (nSPS) is 41.7. The van der Waals surface area contributed by atoms with Gasteiger partial charge in [-0.15, -0.1) is 11.6 Å². The maximum Gasteiger partial charge on any atom is 0.0507 e. The molecule has 0 spiro atoms. The SMILES string of the molecule is ClC1CC1N1CC[CH]CC1. The number of hydrogen-bond donors (Lipinski definition) is 0. The van der Waals surface area contributed by atoms with Crippen molar-refractivity contribution in [2.45, 2.75) is 30.7 Å². The molecule has 2 rings (SSSR count). The predicted molar refractivity (Wildman–Crippen MR) is 43.2 cm³/mol. The van der Waals surface area contributed by atoms with E-state index in [1.165, 1.54) is 32.4 Å². The number of piperidine rings is 1. The van der Waals surface area contributed by atoms with Crippen LogP contribution in [-0.4, -0.2) is 29.4 Å². The number of likely N-dealkylation sites (tertiary alicyclic amines) is 1. The quantitative estimate of drug-likeness (QED) is 0.525. The minimum atomic E-state index is 0.470. The Morgan fingerprint density at radius 2 is 1.90 bits per heavy atom. The van der Waals surface area contributed by atoms with E-state index in [4.69, 9.17) is 11.6 Å². The molecular weight excluding hydrogens is 146 g/mol. The Hall–Kier alpha value is 0.250. The Kier molecular flexibility index (Phi) is 1.88. The Morgan fingerprint density at radius 1 is 1.30 bits per heavy atom. The molecule has 2 unspecified atom stereocenters. The molecular formula is C8H13ClN. The number of rotatable bonds is 1. The van der Waals surface area contributed by atoms with E-state index >= 15 is 0 Å². The standard InChI is InChI=1S/C8H13ClN/c9-7-6-8(7)10-4-2-1-3-5-10/h1,7-8H,2-6H2. The Labute approximate surface area is 67.3 Å². The highest BCUT2D eigenvalue weighted by Crippen LogP contribution is 2.34. The molecule has 2 fully saturated rings. The second-order valence-electron chi connectivity index (χ2n) is 3.22. The van der Waals surface area contributed by atoms with Crippen LogP contribution in [0.15, 0.2) is 0 Å². The maximum atomic E-state index is 5.93.